The number of rotatable bonds is 6. The fraction of sp³-hybridized carbons (Fsp3) is 0.571. The van der Waals surface area contributed by atoms with Crippen molar-refractivity contribution in [2.75, 3.05) is 20.2 Å². The van der Waals surface area contributed by atoms with Crippen molar-refractivity contribution in [3.63, 3.8) is 0 Å². The summed E-state index contributed by atoms with van der Waals surface area (Å²) < 4.78 is 5.02. The topological polar surface area (TPSA) is 54.5 Å². The van der Waals surface area contributed by atoms with E-state index in [2.05, 4.69) is 17.2 Å². The van der Waals surface area contributed by atoms with Gasteiger partial charge in [0.15, 0.2) is 0 Å². The van der Waals surface area contributed by atoms with E-state index in [1.807, 2.05) is 17.0 Å². The van der Waals surface area contributed by atoms with Crippen molar-refractivity contribution < 1.29 is 9.53 Å². The molecule has 1 amide bonds. The summed E-state index contributed by atoms with van der Waals surface area (Å²) in [4.78, 5) is 18.2. The van der Waals surface area contributed by atoms with Gasteiger partial charge in [-0.2, -0.15) is 0 Å². The Hall–Kier alpha value is -1.62. The van der Waals surface area contributed by atoms with Crippen LogP contribution >= 0.6 is 0 Å². The predicted molar refractivity (Wildman–Crippen MR) is 72.9 cm³/mol. The molecule has 1 fully saturated rings. The molecule has 0 aromatic carbocycles. The molecule has 1 aromatic heterocycles. The number of methoxy groups -OCH3 is 1. The van der Waals surface area contributed by atoms with E-state index < -0.39 is 0 Å². The Labute approximate surface area is 114 Å². The number of hydrogen-bond acceptors (Lipinski definition) is 4. The number of hydrogen-bond donors (Lipinski definition) is 1. The Balaban J connectivity index is 1.90. The number of carbonyl (C=O) groups is 1. The highest BCUT2D eigenvalue weighted by Gasteiger charge is 2.30. The number of amides is 1. The Morgan fingerprint density at radius 2 is 2.37 bits per heavy atom. The number of ether oxygens (including phenoxy) is 1. The lowest BCUT2D eigenvalue weighted by atomic mass is 10.2. The van der Waals surface area contributed by atoms with E-state index in [1.165, 1.54) is 0 Å². The van der Waals surface area contributed by atoms with E-state index in [0.717, 1.165) is 31.5 Å². The number of aromatic nitrogens is 1. The summed E-state index contributed by atoms with van der Waals surface area (Å²) in [6.07, 6.45) is 3.70. The van der Waals surface area contributed by atoms with Crippen LogP contribution in [0.1, 0.15) is 25.3 Å². The van der Waals surface area contributed by atoms with Crippen molar-refractivity contribution >= 4 is 5.91 Å². The van der Waals surface area contributed by atoms with Gasteiger partial charge in [-0.3, -0.25) is 4.79 Å². The van der Waals surface area contributed by atoms with Crippen LogP contribution in [0.15, 0.2) is 18.3 Å². The minimum Gasteiger partial charge on any atom is -0.481 e. The van der Waals surface area contributed by atoms with Crippen LogP contribution in [0.4, 0.5) is 0 Å². The molecule has 0 spiro atoms. The summed E-state index contributed by atoms with van der Waals surface area (Å²) in [6.45, 7) is 4.44. The molecule has 1 saturated heterocycles. The second-order valence-corrected chi connectivity index (χ2v) is 4.76. The van der Waals surface area contributed by atoms with Crippen molar-refractivity contribution in [3.05, 3.63) is 23.9 Å². The fourth-order valence-electron chi connectivity index (χ4n) is 2.25. The van der Waals surface area contributed by atoms with E-state index in [-0.39, 0.29) is 11.9 Å². The van der Waals surface area contributed by atoms with Crippen LogP contribution in [0.2, 0.25) is 0 Å². The Kier molecular flexibility index (Phi) is 4.74. The second-order valence-electron chi connectivity index (χ2n) is 4.76. The van der Waals surface area contributed by atoms with Gasteiger partial charge < -0.3 is 15.0 Å². The van der Waals surface area contributed by atoms with Crippen LogP contribution in [0.25, 0.3) is 0 Å². The molecule has 1 aliphatic heterocycles. The first-order chi connectivity index (χ1) is 9.24. The lowest BCUT2D eigenvalue weighted by molar-refractivity contribution is -0.129. The third-order valence-electron chi connectivity index (χ3n) is 3.32. The lowest BCUT2D eigenvalue weighted by Crippen LogP contribution is -2.38. The number of nitrogens with zero attached hydrogens (tertiary/aromatic N) is 2. The highest BCUT2D eigenvalue weighted by atomic mass is 16.5. The molecular formula is C14H21N3O2. The van der Waals surface area contributed by atoms with E-state index >= 15 is 0 Å². The summed E-state index contributed by atoms with van der Waals surface area (Å²) in [7, 11) is 1.59. The zero-order chi connectivity index (χ0) is 13.7. The first kappa shape index (κ1) is 13.8. The van der Waals surface area contributed by atoms with Crippen molar-refractivity contribution in [1.29, 1.82) is 0 Å². The van der Waals surface area contributed by atoms with Crippen molar-refractivity contribution in [3.8, 4) is 5.88 Å². The van der Waals surface area contributed by atoms with Crippen LogP contribution in [-0.4, -0.2) is 42.0 Å². The molecule has 5 nitrogen and oxygen atoms in total. The standard InChI is InChI=1S/C14H21N3O2/c1-3-7-15-12-6-8-17(14(12)18)10-11-4-5-13(19-2)16-9-11/h4-5,9,12,15H,3,6-8,10H2,1-2H3. The number of nitrogens with one attached hydrogen (secondary N) is 1. The first-order valence-corrected chi connectivity index (χ1v) is 6.75. The normalized spacial score (nSPS) is 18.9. The molecule has 2 heterocycles. The van der Waals surface area contributed by atoms with Gasteiger partial charge in [-0.15, -0.1) is 0 Å². The van der Waals surface area contributed by atoms with Gasteiger partial charge in [0.05, 0.1) is 13.2 Å². The van der Waals surface area contributed by atoms with Crippen LogP contribution in [0.5, 0.6) is 5.88 Å². The molecule has 104 valence electrons. The highest BCUT2D eigenvalue weighted by Crippen LogP contribution is 2.16. The van der Waals surface area contributed by atoms with Crippen molar-refractivity contribution in [2.45, 2.75) is 32.4 Å². The van der Waals surface area contributed by atoms with Crippen LogP contribution in [0.3, 0.4) is 0 Å². The van der Waals surface area contributed by atoms with Crippen LogP contribution in [0, 0.1) is 0 Å². The zero-order valence-electron chi connectivity index (χ0n) is 11.6. The van der Waals surface area contributed by atoms with Crippen LogP contribution < -0.4 is 10.1 Å². The number of likely N-dealkylation sites (tertiary alicyclic amines) is 1. The second kappa shape index (κ2) is 6.52. The van der Waals surface area contributed by atoms with E-state index in [1.54, 1.807) is 13.3 Å². The fourth-order valence-corrected chi connectivity index (χ4v) is 2.25. The maximum atomic E-state index is 12.2. The average Bonchev–Trinajstić information content (AvgIpc) is 2.78. The Bertz CT molecular complexity index is 419. The third-order valence-corrected chi connectivity index (χ3v) is 3.32. The summed E-state index contributed by atoms with van der Waals surface area (Å²) in [5, 5.41) is 3.29. The highest BCUT2D eigenvalue weighted by molar-refractivity contribution is 5.83. The van der Waals surface area contributed by atoms with Gasteiger partial charge in [0, 0.05) is 25.4 Å². The van der Waals surface area contributed by atoms with E-state index in [0.29, 0.717) is 12.4 Å². The first-order valence-electron chi connectivity index (χ1n) is 6.75. The van der Waals surface area contributed by atoms with E-state index in [9.17, 15) is 4.79 Å². The molecule has 1 aliphatic rings. The van der Waals surface area contributed by atoms with Gasteiger partial charge in [0.1, 0.15) is 0 Å². The Morgan fingerprint density at radius 1 is 1.53 bits per heavy atom. The molecule has 1 atom stereocenters. The molecule has 19 heavy (non-hydrogen) atoms. The maximum Gasteiger partial charge on any atom is 0.240 e. The lowest BCUT2D eigenvalue weighted by Gasteiger charge is -2.17. The molecule has 1 N–H and O–H groups in total. The molecule has 5 heteroatoms. The predicted octanol–water partition coefficient (Wildman–Crippen LogP) is 1.19. The van der Waals surface area contributed by atoms with Gasteiger partial charge in [-0.05, 0) is 24.9 Å². The number of pyridine rings is 1. The summed E-state index contributed by atoms with van der Waals surface area (Å²) in [5.41, 5.74) is 1.03. The van der Waals surface area contributed by atoms with E-state index in [4.69, 9.17) is 4.74 Å². The van der Waals surface area contributed by atoms with Gasteiger partial charge in [-0.25, -0.2) is 4.98 Å². The maximum absolute atomic E-state index is 12.2. The molecule has 0 aliphatic carbocycles. The SMILES string of the molecule is CCCNC1CCN(Cc2ccc(OC)nc2)C1=O. The summed E-state index contributed by atoms with van der Waals surface area (Å²) in [5.74, 6) is 0.795. The van der Waals surface area contributed by atoms with Gasteiger partial charge in [0.25, 0.3) is 0 Å². The van der Waals surface area contributed by atoms with Crippen molar-refractivity contribution in [2.24, 2.45) is 0 Å². The molecule has 0 bridgehead atoms. The number of carbonyl (C=O) groups excluding carboxylic acids is 1. The largest absolute Gasteiger partial charge is 0.481 e. The molecule has 1 unspecified atom stereocenters. The minimum absolute atomic E-state index is 0.00819. The monoisotopic (exact) mass is 263 g/mol. The summed E-state index contributed by atoms with van der Waals surface area (Å²) in [6, 6.07) is 3.76. The quantitative estimate of drug-likeness (QED) is 0.837. The minimum atomic E-state index is -0.00819. The molecule has 2 rings (SSSR count). The van der Waals surface area contributed by atoms with Crippen molar-refractivity contribution in [1.82, 2.24) is 15.2 Å². The zero-order valence-corrected chi connectivity index (χ0v) is 11.6. The average molecular weight is 263 g/mol. The van der Waals surface area contributed by atoms with Gasteiger partial charge in [0.2, 0.25) is 11.8 Å². The third kappa shape index (κ3) is 3.44. The molecular weight excluding hydrogens is 242 g/mol. The molecule has 1 aromatic rings. The Morgan fingerprint density at radius 3 is 3.00 bits per heavy atom. The molecule has 0 radical (unpaired) electrons. The summed E-state index contributed by atoms with van der Waals surface area (Å²) >= 11 is 0. The van der Waals surface area contributed by atoms with Gasteiger partial charge >= 0.3 is 0 Å². The smallest absolute Gasteiger partial charge is 0.240 e. The van der Waals surface area contributed by atoms with Crippen LogP contribution in [-0.2, 0) is 11.3 Å². The molecule has 0 saturated carbocycles. The van der Waals surface area contributed by atoms with Gasteiger partial charge in [-0.1, -0.05) is 13.0 Å².